The monoisotopic (exact) mass is 226 g/mol. The predicted octanol–water partition coefficient (Wildman–Crippen LogP) is 1.84. The Hall–Kier alpha value is -0.770. The van der Waals surface area contributed by atoms with Crippen LogP contribution >= 0.6 is 12.6 Å². The second-order valence-corrected chi connectivity index (χ2v) is 5.15. The lowest BCUT2D eigenvalue weighted by molar-refractivity contribution is 0.227. The van der Waals surface area contributed by atoms with Crippen molar-refractivity contribution in [1.29, 1.82) is 0 Å². The summed E-state index contributed by atoms with van der Waals surface area (Å²) in [6.07, 6.45) is 1.64. The zero-order valence-corrected chi connectivity index (χ0v) is 10.4. The van der Waals surface area contributed by atoms with E-state index in [-0.39, 0.29) is 11.0 Å². The van der Waals surface area contributed by atoms with Gasteiger partial charge in [-0.3, -0.25) is 4.79 Å². The molecular formula is C11H18N2OS. The summed E-state index contributed by atoms with van der Waals surface area (Å²) in [6.45, 7) is 7.10. The van der Waals surface area contributed by atoms with E-state index in [0.29, 0.717) is 12.5 Å². The molecule has 0 aromatic carbocycles. The van der Waals surface area contributed by atoms with Crippen molar-refractivity contribution in [1.82, 2.24) is 9.78 Å². The van der Waals surface area contributed by atoms with E-state index in [1.54, 1.807) is 12.3 Å². The van der Waals surface area contributed by atoms with E-state index in [1.165, 1.54) is 10.7 Å². The summed E-state index contributed by atoms with van der Waals surface area (Å²) in [5, 5.41) is 4.05. The lowest BCUT2D eigenvalue weighted by Crippen LogP contribution is -2.32. The highest BCUT2D eigenvalue weighted by molar-refractivity contribution is 7.80. The van der Waals surface area contributed by atoms with E-state index in [9.17, 15) is 4.79 Å². The van der Waals surface area contributed by atoms with Crippen molar-refractivity contribution in [2.45, 2.75) is 27.3 Å². The minimum absolute atomic E-state index is 0.0477. The second kappa shape index (κ2) is 4.84. The Labute approximate surface area is 95.9 Å². The molecule has 1 unspecified atom stereocenters. The van der Waals surface area contributed by atoms with E-state index in [2.05, 4.69) is 38.5 Å². The fourth-order valence-electron chi connectivity index (χ4n) is 1.34. The maximum absolute atomic E-state index is 11.5. The van der Waals surface area contributed by atoms with Gasteiger partial charge >= 0.3 is 0 Å². The molecule has 15 heavy (non-hydrogen) atoms. The van der Waals surface area contributed by atoms with Gasteiger partial charge in [0.1, 0.15) is 0 Å². The predicted molar refractivity (Wildman–Crippen MR) is 65.3 cm³/mol. The number of nitrogens with zero attached hydrogens (tertiary/aromatic N) is 2. The van der Waals surface area contributed by atoms with Crippen LogP contribution in [-0.4, -0.2) is 15.5 Å². The van der Waals surface area contributed by atoms with Crippen LogP contribution in [0.2, 0.25) is 0 Å². The number of thiol groups is 1. The first-order valence-electron chi connectivity index (χ1n) is 5.08. The Bertz CT molecular complexity index is 367. The molecule has 0 saturated carbocycles. The van der Waals surface area contributed by atoms with Crippen molar-refractivity contribution in [2.24, 2.45) is 11.3 Å². The highest BCUT2D eigenvalue weighted by Gasteiger charge is 2.24. The van der Waals surface area contributed by atoms with Crippen LogP contribution in [0.5, 0.6) is 0 Å². The molecule has 0 amide bonds. The van der Waals surface area contributed by atoms with Crippen molar-refractivity contribution in [2.75, 3.05) is 5.75 Å². The minimum Gasteiger partial charge on any atom is -0.268 e. The summed E-state index contributed by atoms with van der Waals surface area (Å²) < 4.78 is 1.51. The molecule has 84 valence electrons. The summed E-state index contributed by atoms with van der Waals surface area (Å²) >= 11 is 4.33. The lowest BCUT2D eigenvalue weighted by Gasteiger charge is -2.29. The van der Waals surface area contributed by atoms with Gasteiger partial charge in [-0.15, -0.1) is 0 Å². The first-order chi connectivity index (χ1) is 6.95. The highest BCUT2D eigenvalue weighted by Crippen LogP contribution is 2.27. The van der Waals surface area contributed by atoms with Crippen LogP contribution in [0.25, 0.3) is 0 Å². The first-order valence-corrected chi connectivity index (χ1v) is 5.71. The van der Waals surface area contributed by atoms with Crippen LogP contribution in [0.3, 0.4) is 0 Å². The van der Waals surface area contributed by atoms with Gasteiger partial charge in [-0.1, -0.05) is 20.8 Å². The normalized spacial score (nSPS) is 13.9. The molecule has 0 aliphatic heterocycles. The smallest absolute Gasteiger partial charge is 0.266 e. The lowest BCUT2D eigenvalue weighted by atomic mass is 9.82. The van der Waals surface area contributed by atoms with Gasteiger partial charge in [0.15, 0.2) is 0 Å². The van der Waals surface area contributed by atoms with Gasteiger partial charge in [0.05, 0.1) is 0 Å². The van der Waals surface area contributed by atoms with Crippen LogP contribution in [0.15, 0.2) is 23.1 Å². The molecule has 1 aromatic heterocycles. The largest absolute Gasteiger partial charge is 0.268 e. The topological polar surface area (TPSA) is 34.9 Å². The second-order valence-electron chi connectivity index (χ2n) is 4.79. The number of rotatable bonds is 3. The number of hydrogen-bond donors (Lipinski definition) is 1. The fraction of sp³-hybridized carbons (Fsp3) is 0.636. The van der Waals surface area contributed by atoms with Gasteiger partial charge in [0, 0.05) is 18.8 Å². The fourth-order valence-corrected chi connectivity index (χ4v) is 2.00. The van der Waals surface area contributed by atoms with E-state index in [1.807, 2.05) is 0 Å². The maximum atomic E-state index is 11.5. The van der Waals surface area contributed by atoms with Crippen LogP contribution in [0.1, 0.15) is 20.8 Å². The molecule has 0 aliphatic rings. The van der Waals surface area contributed by atoms with Crippen molar-refractivity contribution < 1.29 is 0 Å². The molecule has 0 N–H and O–H groups in total. The van der Waals surface area contributed by atoms with Crippen molar-refractivity contribution >= 4 is 12.6 Å². The van der Waals surface area contributed by atoms with Crippen molar-refractivity contribution in [3.63, 3.8) is 0 Å². The zero-order chi connectivity index (χ0) is 11.5. The van der Waals surface area contributed by atoms with E-state index in [4.69, 9.17) is 0 Å². The summed E-state index contributed by atoms with van der Waals surface area (Å²) in [5.74, 6) is 1.10. The van der Waals surface area contributed by atoms with Crippen molar-refractivity contribution in [3.05, 3.63) is 28.7 Å². The third kappa shape index (κ3) is 3.38. The molecule has 1 heterocycles. The molecule has 0 radical (unpaired) electrons. The Balaban J connectivity index is 2.85. The minimum atomic E-state index is -0.0477. The third-order valence-corrected chi connectivity index (χ3v) is 3.06. The molecule has 0 bridgehead atoms. The van der Waals surface area contributed by atoms with E-state index < -0.39 is 0 Å². The molecule has 0 saturated heterocycles. The summed E-state index contributed by atoms with van der Waals surface area (Å²) in [7, 11) is 0. The van der Waals surface area contributed by atoms with Gasteiger partial charge in [0.2, 0.25) is 0 Å². The van der Waals surface area contributed by atoms with Crippen LogP contribution in [0, 0.1) is 11.3 Å². The Morgan fingerprint density at radius 1 is 1.53 bits per heavy atom. The molecule has 0 fully saturated rings. The molecule has 4 heteroatoms. The SMILES string of the molecule is CC(C)(C)C(CS)Cn1ncccc1=O. The first kappa shape index (κ1) is 12.3. The number of hydrogen-bond acceptors (Lipinski definition) is 3. The Kier molecular flexibility index (Phi) is 3.97. The molecule has 1 atom stereocenters. The van der Waals surface area contributed by atoms with Gasteiger partial charge in [-0.2, -0.15) is 17.7 Å². The van der Waals surface area contributed by atoms with Crippen LogP contribution < -0.4 is 5.56 Å². The highest BCUT2D eigenvalue weighted by atomic mass is 32.1. The van der Waals surface area contributed by atoms with E-state index in [0.717, 1.165) is 5.75 Å². The van der Waals surface area contributed by atoms with Gasteiger partial charge in [-0.05, 0) is 23.2 Å². The molecule has 1 aromatic rings. The van der Waals surface area contributed by atoms with Gasteiger partial charge in [0.25, 0.3) is 5.56 Å². The molecular weight excluding hydrogens is 208 g/mol. The van der Waals surface area contributed by atoms with Gasteiger partial charge < -0.3 is 0 Å². The maximum Gasteiger partial charge on any atom is 0.266 e. The van der Waals surface area contributed by atoms with Gasteiger partial charge in [-0.25, -0.2) is 4.68 Å². The zero-order valence-electron chi connectivity index (χ0n) is 9.47. The van der Waals surface area contributed by atoms with Crippen molar-refractivity contribution in [3.8, 4) is 0 Å². The van der Waals surface area contributed by atoms with Crippen LogP contribution in [-0.2, 0) is 6.54 Å². The van der Waals surface area contributed by atoms with E-state index >= 15 is 0 Å². The average Bonchev–Trinajstić information content (AvgIpc) is 2.14. The Morgan fingerprint density at radius 3 is 2.67 bits per heavy atom. The quantitative estimate of drug-likeness (QED) is 0.798. The molecule has 0 spiro atoms. The molecule has 0 aliphatic carbocycles. The standard InChI is InChI=1S/C11H18N2OS/c1-11(2,3)9(8-15)7-13-10(14)5-4-6-12-13/h4-6,9,15H,7-8H2,1-3H3. The summed E-state index contributed by atoms with van der Waals surface area (Å²) in [4.78, 5) is 11.5. The Morgan fingerprint density at radius 2 is 2.20 bits per heavy atom. The summed E-state index contributed by atoms with van der Waals surface area (Å²) in [6, 6.07) is 3.19. The average molecular weight is 226 g/mol. The van der Waals surface area contributed by atoms with Crippen LogP contribution in [0.4, 0.5) is 0 Å². The molecule has 3 nitrogen and oxygen atoms in total. The molecule has 1 rings (SSSR count). The third-order valence-electron chi connectivity index (χ3n) is 2.62. The number of aromatic nitrogens is 2. The summed E-state index contributed by atoms with van der Waals surface area (Å²) in [5.41, 5.74) is 0.0900.